The predicted octanol–water partition coefficient (Wildman–Crippen LogP) is 7.60. The Labute approximate surface area is 234 Å². The van der Waals surface area contributed by atoms with Crippen molar-refractivity contribution in [1.82, 2.24) is 19.9 Å². The standard InChI is InChI=1S/C34H34N4O2/c1(23-39-27-15-11-25(12-16-27)33(29-7-3-19-35-29)30-8-4-20-36-30)2-24-40-28-17-13-26(14-18-28)34(31-9-5-21-37-31)32-10-6-22-38-32/h3-22,33-38H,1-2,23-24H2. The van der Waals surface area contributed by atoms with Gasteiger partial charge in [0, 0.05) is 47.6 Å². The average molecular weight is 531 g/mol. The fraction of sp³-hybridized carbons (Fsp3) is 0.176. The van der Waals surface area contributed by atoms with E-state index in [0.29, 0.717) is 13.2 Å². The summed E-state index contributed by atoms with van der Waals surface area (Å²) in [5, 5.41) is 0. The summed E-state index contributed by atoms with van der Waals surface area (Å²) in [6.07, 6.45) is 9.71. The van der Waals surface area contributed by atoms with E-state index >= 15 is 0 Å². The number of benzene rings is 2. The zero-order valence-electron chi connectivity index (χ0n) is 22.3. The van der Waals surface area contributed by atoms with Crippen LogP contribution in [0.25, 0.3) is 0 Å². The van der Waals surface area contributed by atoms with Gasteiger partial charge in [0.2, 0.25) is 0 Å². The van der Waals surface area contributed by atoms with Crippen LogP contribution in [-0.4, -0.2) is 33.1 Å². The van der Waals surface area contributed by atoms with Gasteiger partial charge in [-0.1, -0.05) is 24.3 Å². The van der Waals surface area contributed by atoms with E-state index in [1.165, 1.54) is 11.1 Å². The number of rotatable bonds is 13. The molecule has 6 aromatic rings. The highest BCUT2D eigenvalue weighted by Gasteiger charge is 2.19. The molecule has 0 aliphatic rings. The van der Waals surface area contributed by atoms with Crippen molar-refractivity contribution in [2.45, 2.75) is 24.7 Å². The molecule has 4 N–H and O–H groups in total. The molecule has 4 aromatic heterocycles. The van der Waals surface area contributed by atoms with E-state index in [-0.39, 0.29) is 11.8 Å². The van der Waals surface area contributed by atoms with Crippen molar-refractivity contribution in [2.75, 3.05) is 13.2 Å². The largest absolute Gasteiger partial charge is 0.494 e. The number of hydrogen-bond acceptors (Lipinski definition) is 2. The molecular formula is C34H34N4O2. The van der Waals surface area contributed by atoms with Crippen LogP contribution in [0.2, 0.25) is 0 Å². The lowest BCUT2D eigenvalue weighted by atomic mass is 9.92. The van der Waals surface area contributed by atoms with Gasteiger partial charge in [-0.05, 0) is 96.8 Å². The molecule has 0 saturated carbocycles. The third-order valence-corrected chi connectivity index (χ3v) is 7.24. The van der Waals surface area contributed by atoms with Gasteiger partial charge >= 0.3 is 0 Å². The van der Waals surface area contributed by atoms with Gasteiger partial charge in [0.25, 0.3) is 0 Å². The van der Waals surface area contributed by atoms with Crippen molar-refractivity contribution in [3.63, 3.8) is 0 Å². The van der Waals surface area contributed by atoms with Crippen LogP contribution in [0.5, 0.6) is 11.5 Å². The summed E-state index contributed by atoms with van der Waals surface area (Å²) in [6, 6.07) is 33.4. The number of aromatic amines is 4. The van der Waals surface area contributed by atoms with Gasteiger partial charge in [-0.3, -0.25) is 0 Å². The van der Waals surface area contributed by atoms with E-state index < -0.39 is 0 Å². The minimum Gasteiger partial charge on any atom is -0.494 e. The third kappa shape index (κ3) is 5.91. The van der Waals surface area contributed by atoms with Gasteiger partial charge < -0.3 is 29.4 Å². The molecule has 6 heteroatoms. The first-order chi connectivity index (χ1) is 19.8. The van der Waals surface area contributed by atoms with E-state index in [1.54, 1.807) is 0 Å². The predicted molar refractivity (Wildman–Crippen MR) is 158 cm³/mol. The highest BCUT2D eigenvalue weighted by atomic mass is 16.5. The molecule has 40 heavy (non-hydrogen) atoms. The molecule has 2 aromatic carbocycles. The Morgan fingerprint density at radius 1 is 0.425 bits per heavy atom. The Balaban J connectivity index is 0.965. The molecule has 202 valence electrons. The van der Waals surface area contributed by atoms with Crippen molar-refractivity contribution in [2.24, 2.45) is 0 Å². The van der Waals surface area contributed by atoms with Crippen LogP contribution in [0.3, 0.4) is 0 Å². The minimum absolute atomic E-state index is 0.137. The monoisotopic (exact) mass is 530 g/mol. The number of nitrogens with one attached hydrogen (secondary N) is 4. The highest BCUT2D eigenvalue weighted by molar-refractivity contribution is 5.41. The fourth-order valence-electron chi connectivity index (χ4n) is 5.25. The maximum atomic E-state index is 6.01. The van der Waals surface area contributed by atoms with E-state index in [1.807, 2.05) is 49.1 Å². The van der Waals surface area contributed by atoms with Crippen LogP contribution in [-0.2, 0) is 0 Å². The number of ether oxygens (including phenoxy) is 2. The Morgan fingerprint density at radius 3 is 1.02 bits per heavy atom. The topological polar surface area (TPSA) is 81.6 Å². The van der Waals surface area contributed by atoms with Gasteiger partial charge in [0.1, 0.15) is 11.5 Å². The molecule has 0 saturated heterocycles. The molecule has 4 heterocycles. The zero-order valence-corrected chi connectivity index (χ0v) is 22.3. The first-order valence-electron chi connectivity index (χ1n) is 13.8. The summed E-state index contributed by atoms with van der Waals surface area (Å²) >= 11 is 0. The Morgan fingerprint density at radius 2 is 0.750 bits per heavy atom. The number of hydrogen-bond donors (Lipinski definition) is 4. The minimum atomic E-state index is 0.137. The molecule has 0 radical (unpaired) electrons. The van der Waals surface area contributed by atoms with Gasteiger partial charge in [-0.2, -0.15) is 0 Å². The Hall–Kier alpha value is -4.84. The van der Waals surface area contributed by atoms with Crippen LogP contribution in [0.15, 0.2) is 122 Å². The normalized spacial score (nSPS) is 11.3. The van der Waals surface area contributed by atoms with Crippen molar-refractivity contribution < 1.29 is 9.47 Å². The summed E-state index contributed by atoms with van der Waals surface area (Å²) in [4.78, 5) is 13.4. The van der Waals surface area contributed by atoms with Gasteiger partial charge in [-0.15, -0.1) is 0 Å². The van der Waals surface area contributed by atoms with Crippen LogP contribution in [0.4, 0.5) is 0 Å². The maximum absolute atomic E-state index is 6.01. The van der Waals surface area contributed by atoms with E-state index in [9.17, 15) is 0 Å². The lowest BCUT2D eigenvalue weighted by Gasteiger charge is -2.16. The first-order valence-corrected chi connectivity index (χ1v) is 13.8. The summed E-state index contributed by atoms with van der Waals surface area (Å²) in [7, 11) is 0. The van der Waals surface area contributed by atoms with Crippen molar-refractivity contribution in [3.8, 4) is 11.5 Å². The Bertz CT molecular complexity index is 1330. The lowest BCUT2D eigenvalue weighted by molar-refractivity contribution is 0.266. The number of H-pyrrole nitrogens is 4. The number of aromatic nitrogens is 4. The van der Waals surface area contributed by atoms with E-state index in [2.05, 4.69) is 92.7 Å². The first kappa shape index (κ1) is 25.4. The molecule has 0 aliphatic heterocycles. The summed E-state index contributed by atoms with van der Waals surface area (Å²) in [6.45, 7) is 1.32. The van der Waals surface area contributed by atoms with Crippen molar-refractivity contribution in [3.05, 3.63) is 156 Å². The van der Waals surface area contributed by atoms with E-state index in [0.717, 1.165) is 47.1 Å². The van der Waals surface area contributed by atoms with Gasteiger partial charge in [0.15, 0.2) is 0 Å². The van der Waals surface area contributed by atoms with Crippen molar-refractivity contribution in [1.29, 1.82) is 0 Å². The van der Waals surface area contributed by atoms with Crippen LogP contribution in [0.1, 0.15) is 58.6 Å². The second-order valence-electron chi connectivity index (χ2n) is 9.91. The SMILES string of the molecule is c1c[nH]c(C(c2ccc(OCCCCOc3ccc(C(c4ccc[nH]4)c4ccc[nH]4)cc3)cc2)c2ccc[nH]2)c1. The quantitative estimate of drug-likeness (QED) is 0.116. The smallest absolute Gasteiger partial charge is 0.119 e. The van der Waals surface area contributed by atoms with Crippen LogP contribution >= 0.6 is 0 Å². The van der Waals surface area contributed by atoms with Gasteiger partial charge in [-0.25, -0.2) is 0 Å². The Kier molecular flexibility index (Phi) is 7.85. The summed E-state index contributed by atoms with van der Waals surface area (Å²) in [5.41, 5.74) is 7.06. The molecule has 6 rings (SSSR count). The molecule has 6 nitrogen and oxygen atoms in total. The molecular weight excluding hydrogens is 496 g/mol. The molecule has 0 aliphatic carbocycles. The maximum Gasteiger partial charge on any atom is 0.119 e. The molecule has 0 bridgehead atoms. The van der Waals surface area contributed by atoms with Crippen LogP contribution in [0, 0.1) is 0 Å². The average Bonchev–Trinajstić information content (AvgIpc) is 3.82. The molecule has 0 amide bonds. The fourth-order valence-corrected chi connectivity index (χ4v) is 5.25. The summed E-state index contributed by atoms with van der Waals surface area (Å²) in [5.74, 6) is 2.04. The van der Waals surface area contributed by atoms with Gasteiger partial charge in [0.05, 0.1) is 25.0 Å². The third-order valence-electron chi connectivity index (χ3n) is 7.24. The number of unbranched alkanes of at least 4 members (excludes halogenated alkanes) is 1. The second-order valence-corrected chi connectivity index (χ2v) is 9.91. The summed E-state index contributed by atoms with van der Waals surface area (Å²) < 4.78 is 12.0. The highest BCUT2D eigenvalue weighted by Crippen LogP contribution is 2.32. The van der Waals surface area contributed by atoms with Crippen molar-refractivity contribution >= 4 is 0 Å². The molecule has 0 atom stereocenters. The molecule has 0 fully saturated rings. The molecule has 0 spiro atoms. The lowest BCUT2D eigenvalue weighted by Crippen LogP contribution is -2.05. The molecule has 0 unspecified atom stereocenters. The van der Waals surface area contributed by atoms with Crippen LogP contribution < -0.4 is 9.47 Å². The zero-order chi connectivity index (χ0) is 27.0. The second kappa shape index (κ2) is 12.3. The van der Waals surface area contributed by atoms with E-state index in [4.69, 9.17) is 9.47 Å².